The van der Waals surface area contributed by atoms with E-state index in [1.165, 1.54) is 12.1 Å². The molecule has 1 aromatic carbocycles. The minimum Gasteiger partial charge on any atom is -0.330 e. The van der Waals surface area contributed by atoms with Gasteiger partial charge in [0.05, 0.1) is 0 Å². The monoisotopic (exact) mass is 275 g/mol. The molecule has 6 heteroatoms. The molecule has 0 bridgehead atoms. The van der Waals surface area contributed by atoms with Crippen LogP contribution >= 0.6 is 11.8 Å². The van der Waals surface area contributed by atoms with Gasteiger partial charge in [0.25, 0.3) is 0 Å². The topological polar surface area (TPSA) is 29.1 Å². The van der Waals surface area contributed by atoms with Crippen LogP contribution in [0.2, 0.25) is 0 Å². The first kappa shape index (κ1) is 13.3. The smallest absolute Gasteiger partial charge is 0.330 e. The van der Waals surface area contributed by atoms with E-state index in [1.807, 2.05) is 0 Å². The number of amides is 1. The number of nitrogens with one attached hydrogen (secondary N) is 1. The molecule has 1 N–H and O–H groups in total. The summed E-state index contributed by atoms with van der Waals surface area (Å²) >= 11 is 0.723. The van der Waals surface area contributed by atoms with Crippen molar-refractivity contribution in [2.75, 3.05) is 5.75 Å². The van der Waals surface area contributed by atoms with E-state index in [1.54, 1.807) is 19.1 Å². The molecule has 0 spiro atoms. The molecule has 0 radical (unpaired) electrons. The summed E-state index contributed by atoms with van der Waals surface area (Å²) in [7, 11) is 0. The lowest BCUT2D eigenvalue weighted by molar-refractivity contribution is -0.175. The van der Waals surface area contributed by atoms with Crippen LogP contribution in [0.5, 0.6) is 0 Å². The van der Waals surface area contributed by atoms with Crippen LogP contribution in [-0.2, 0) is 9.67 Å². The summed E-state index contributed by atoms with van der Waals surface area (Å²) < 4.78 is 40.0. The summed E-state index contributed by atoms with van der Waals surface area (Å²) in [5, 5.41) is 2.10. The molecule has 1 fully saturated rings. The first-order valence-electron chi connectivity index (χ1n) is 5.44. The Morgan fingerprint density at radius 3 is 2.39 bits per heavy atom. The molecule has 2 rings (SSSR count). The lowest BCUT2D eigenvalue weighted by atomic mass is 10.0. The molecule has 2 nitrogen and oxygen atoms in total. The number of benzene rings is 1. The number of carbonyl (C=O) groups excluding carboxylic acids is 1. The predicted molar refractivity (Wildman–Crippen MR) is 64.1 cm³/mol. The average Bonchev–Trinajstić information content (AvgIpc) is 2.28. The van der Waals surface area contributed by atoms with Crippen LogP contribution in [0, 0.1) is 6.92 Å². The van der Waals surface area contributed by atoms with Crippen LogP contribution < -0.4 is 5.32 Å². The zero-order valence-corrected chi connectivity index (χ0v) is 10.5. The van der Waals surface area contributed by atoms with Crippen molar-refractivity contribution < 1.29 is 18.0 Å². The minimum absolute atomic E-state index is 0.0682. The molecule has 1 aliphatic rings. The number of rotatable bonds is 1. The van der Waals surface area contributed by atoms with Crippen LogP contribution in [0.4, 0.5) is 13.2 Å². The quantitative estimate of drug-likeness (QED) is 0.853. The van der Waals surface area contributed by atoms with Crippen LogP contribution in [-0.4, -0.2) is 17.8 Å². The lowest BCUT2D eigenvalue weighted by Gasteiger charge is -2.39. The van der Waals surface area contributed by atoms with Crippen molar-refractivity contribution in [2.45, 2.75) is 24.4 Å². The molecule has 98 valence electrons. The summed E-state index contributed by atoms with van der Waals surface area (Å²) in [6, 6.07) is 6.07. The van der Waals surface area contributed by atoms with Gasteiger partial charge in [-0.15, -0.1) is 11.8 Å². The standard InChI is InChI=1S/C12H12F3NOS/c1-8-2-4-9(5-3-8)11(12(13,14)15)16-10(17)6-7-18-11/h2-5H,6-7H2,1H3,(H,16,17). The molecule has 1 atom stereocenters. The highest BCUT2D eigenvalue weighted by atomic mass is 32.2. The Bertz CT molecular complexity index is 457. The number of thioether (sulfide) groups is 1. The van der Waals surface area contributed by atoms with Crippen LogP contribution in [0.15, 0.2) is 24.3 Å². The summed E-state index contributed by atoms with van der Waals surface area (Å²) in [5.74, 6) is -0.397. The lowest BCUT2D eigenvalue weighted by Crippen LogP contribution is -2.56. The first-order valence-corrected chi connectivity index (χ1v) is 6.42. The van der Waals surface area contributed by atoms with Crippen molar-refractivity contribution in [3.63, 3.8) is 0 Å². The van der Waals surface area contributed by atoms with Gasteiger partial charge in [-0.1, -0.05) is 29.8 Å². The van der Waals surface area contributed by atoms with Crippen LogP contribution in [0.1, 0.15) is 17.5 Å². The fraction of sp³-hybridized carbons (Fsp3) is 0.417. The number of alkyl halides is 3. The minimum atomic E-state index is -4.52. The Kier molecular flexibility index (Phi) is 3.31. The molecular formula is C12H12F3NOS. The first-order chi connectivity index (χ1) is 8.35. The van der Waals surface area contributed by atoms with Gasteiger partial charge in [0.1, 0.15) is 0 Å². The second-order valence-corrected chi connectivity index (χ2v) is 5.50. The van der Waals surface area contributed by atoms with Gasteiger partial charge >= 0.3 is 6.18 Å². The maximum absolute atomic E-state index is 13.3. The van der Waals surface area contributed by atoms with E-state index in [9.17, 15) is 18.0 Å². The number of hydrogen-bond acceptors (Lipinski definition) is 2. The van der Waals surface area contributed by atoms with Gasteiger partial charge in [0.15, 0.2) is 0 Å². The number of aryl methyl sites for hydroxylation is 1. The molecular weight excluding hydrogens is 263 g/mol. The maximum atomic E-state index is 13.3. The highest BCUT2D eigenvalue weighted by Crippen LogP contribution is 2.49. The second kappa shape index (κ2) is 4.50. The zero-order valence-electron chi connectivity index (χ0n) is 9.67. The van der Waals surface area contributed by atoms with Crippen molar-refractivity contribution >= 4 is 17.7 Å². The Balaban J connectivity index is 2.48. The van der Waals surface area contributed by atoms with Crippen LogP contribution in [0.25, 0.3) is 0 Å². The Hall–Kier alpha value is -1.17. The number of hydrogen-bond donors (Lipinski definition) is 1. The van der Waals surface area contributed by atoms with Crippen molar-refractivity contribution in [2.24, 2.45) is 0 Å². The maximum Gasteiger partial charge on any atom is 0.425 e. The van der Waals surface area contributed by atoms with E-state index in [-0.39, 0.29) is 17.7 Å². The molecule has 0 aliphatic carbocycles. The Labute approximate surface area is 107 Å². The fourth-order valence-electron chi connectivity index (χ4n) is 1.85. The van der Waals surface area contributed by atoms with Crippen molar-refractivity contribution in [1.29, 1.82) is 0 Å². The molecule has 1 heterocycles. The molecule has 1 aliphatic heterocycles. The highest BCUT2D eigenvalue weighted by molar-refractivity contribution is 8.00. The third-order valence-electron chi connectivity index (χ3n) is 2.82. The van der Waals surface area contributed by atoms with Gasteiger partial charge in [-0.2, -0.15) is 13.2 Å². The Morgan fingerprint density at radius 1 is 1.28 bits per heavy atom. The van der Waals surface area contributed by atoms with Crippen molar-refractivity contribution in [3.8, 4) is 0 Å². The SMILES string of the molecule is Cc1ccc(C2(C(F)(F)F)NC(=O)CCS2)cc1. The normalized spacial score (nSPS) is 24.8. The highest BCUT2D eigenvalue weighted by Gasteiger charge is 2.58. The zero-order chi connectivity index (χ0) is 13.4. The van der Waals surface area contributed by atoms with E-state index in [2.05, 4.69) is 5.32 Å². The van der Waals surface area contributed by atoms with E-state index in [0.29, 0.717) is 0 Å². The summed E-state index contributed by atoms with van der Waals surface area (Å²) in [6.07, 6.45) is -4.41. The third-order valence-corrected chi connectivity index (χ3v) is 4.23. The second-order valence-electron chi connectivity index (χ2n) is 4.19. The average molecular weight is 275 g/mol. The van der Waals surface area contributed by atoms with E-state index >= 15 is 0 Å². The molecule has 0 aromatic heterocycles. The van der Waals surface area contributed by atoms with Gasteiger partial charge in [0.2, 0.25) is 10.8 Å². The van der Waals surface area contributed by atoms with Gasteiger partial charge in [-0.05, 0) is 12.5 Å². The Morgan fingerprint density at radius 2 is 1.89 bits per heavy atom. The summed E-state index contributed by atoms with van der Waals surface area (Å²) in [5.41, 5.74) is 0.946. The fourth-order valence-corrected chi connectivity index (χ4v) is 3.10. The number of carbonyl (C=O) groups is 1. The molecule has 1 unspecified atom stereocenters. The van der Waals surface area contributed by atoms with E-state index in [4.69, 9.17) is 0 Å². The largest absolute Gasteiger partial charge is 0.425 e. The summed E-state index contributed by atoms with van der Waals surface area (Å²) in [4.78, 5) is 9.03. The van der Waals surface area contributed by atoms with E-state index < -0.39 is 17.0 Å². The molecule has 1 aromatic rings. The third kappa shape index (κ3) is 2.21. The molecule has 0 saturated carbocycles. The van der Waals surface area contributed by atoms with Crippen molar-refractivity contribution in [3.05, 3.63) is 35.4 Å². The van der Waals surface area contributed by atoms with Crippen molar-refractivity contribution in [1.82, 2.24) is 5.32 Å². The summed E-state index contributed by atoms with van der Waals surface area (Å²) in [6.45, 7) is 1.80. The van der Waals surface area contributed by atoms with Crippen LogP contribution in [0.3, 0.4) is 0 Å². The molecule has 1 saturated heterocycles. The van der Waals surface area contributed by atoms with Gasteiger partial charge in [0, 0.05) is 12.2 Å². The van der Waals surface area contributed by atoms with Gasteiger partial charge in [-0.3, -0.25) is 4.79 Å². The van der Waals surface area contributed by atoms with E-state index in [0.717, 1.165) is 17.3 Å². The molecule has 18 heavy (non-hydrogen) atoms. The number of halogens is 3. The van der Waals surface area contributed by atoms with Gasteiger partial charge < -0.3 is 5.32 Å². The van der Waals surface area contributed by atoms with Gasteiger partial charge in [-0.25, -0.2) is 0 Å². The predicted octanol–water partition coefficient (Wildman–Crippen LogP) is 2.96. The molecule has 1 amide bonds.